The minimum atomic E-state index is -1.02. The van der Waals surface area contributed by atoms with E-state index in [2.05, 4.69) is 10.6 Å². The second kappa shape index (κ2) is 8.45. The van der Waals surface area contributed by atoms with Gasteiger partial charge >= 0.3 is 11.8 Å². The van der Waals surface area contributed by atoms with E-state index in [0.717, 1.165) is 0 Å². The van der Waals surface area contributed by atoms with Crippen LogP contribution in [0.15, 0.2) is 28.7 Å². The summed E-state index contributed by atoms with van der Waals surface area (Å²) >= 11 is 0. The number of aryl methyl sites for hydroxylation is 3. The molecular weight excluding hydrogens is 354 g/mol. The topological polar surface area (TPSA) is 135 Å². The van der Waals surface area contributed by atoms with Crippen LogP contribution >= 0.6 is 0 Å². The summed E-state index contributed by atoms with van der Waals surface area (Å²) in [4.78, 5) is 34.3. The summed E-state index contributed by atoms with van der Waals surface area (Å²) in [5.41, 5.74) is 0.928. The molecule has 0 saturated carbocycles. The Morgan fingerprint density at radius 1 is 1.22 bits per heavy atom. The molecule has 27 heavy (non-hydrogen) atoms. The van der Waals surface area contributed by atoms with E-state index in [-0.39, 0.29) is 24.3 Å². The van der Waals surface area contributed by atoms with Crippen LogP contribution in [-0.2, 0) is 9.59 Å². The van der Waals surface area contributed by atoms with Crippen molar-refractivity contribution in [2.45, 2.75) is 33.3 Å². The van der Waals surface area contributed by atoms with Crippen LogP contribution in [0.5, 0.6) is 0 Å². The third kappa shape index (κ3) is 5.14. The van der Waals surface area contributed by atoms with Crippen LogP contribution < -0.4 is 10.6 Å². The average molecular weight is 375 g/mol. The van der Waals surface area contributed by atoms with Crippen LogP contribution in [0.4, 0.5) is 11.4 Å². The molecule has 0 spiro atoms. The van der Waals surface area contributed by atoms with Crippen LogP contribution in [0, 0.1) is 30.9 Å². The number of carbonyl (C=O) groups is 2. The molecule has 0 radical (unpaired) electrons. The number of rotatable bonds is 6. The fraction of sp³-hybridized carbons (Fsp3) is 0.333. The first kappa shape index (κ1) is 20.1. The van der Waals surface area contributed by atoms with Gasteiger partial charge in [0.15, 0.2) is 0 Å². The molecule has 1 heterocycles. The number of nitro groups is 1. The lowest BCUT2D eigenvalue weighted by Gasteiger charge is -2.11. The van der Waals surface area contributed by atoms with E-state index in [1.54, 1.807) is 32.9 Å². The fourth-order valence-electron chi connectivity index (χ4n) is 2.62. The third-order valence-electron chi connectivity index (χ3n) is 3.95. The van der Waals surface area contributed by atoms with Crippen molar-refractivity contribution >= 4 is 23.2 Å². The molecule has 144 valence electrons. The molecule has 2 aromatic rings. The molecule has 0 aliphatic carbocycles. The van der Waals surface area contributed by atoms with Crippen molar-refractivity contribution in [3.05, 3.63) is 57.0 Å². The van der Waals surface area contributed by atoms with Crippen LogP contribution in [0.25, 0.3) is 0 Å². The lowest BCUT2D eigenvalue weighted by molar-refractivity contribution is -0.384. The van der Waals surface area contributed by atoms with Gasteiger partial charge in [0.2, 0.25) is 0 Å². The smallest absolute Gasteiger partial charge is 0.313 e. The summed E-state index contributed by atoms with van der Waals surface area (Å²) in [5, 5.41) is 25.8. The Hall–Kier alpha value is -3.20. The van der Waals surface area contributed by atoms with Crippen LogP contribution in [0.3, 0.4) is 0 Å². The molecule has 1 unspecified atom stereocenters. The number of aliphatic hydroxyl groups excluding tert-OH is 1. The van der Waals surface area contributed by atoms with Gasteiger partial charge in [0.1, 0.15) is 17.2 Å². The van der Waals surface area contributed by atoms with Gasteiger partial charge in [-0.1, -0.05) is 6.07 Å². The summed E-state index contributed by atoms with van der Waals surface area (Å²) in [7, 11) is 0. The largest absolute Gasteiger partial charge is 0.466 e. The summed E-state index contributed by atoms with van der Waals surface area (Å²) in [6, 6.07) is 5.97. The number of hydrogen-bond donors (Lipinski definition) is 3. The van der Waals surface area contributed by atoms with E-state index in [1.807, 2.05) is 0 Å². The molecule has 0 aliphatic rings. The highest BCUT2D eigenvalue weighted by Gasteiger charge is 2.21. The molecule has 2 amide bonds. The molecular formula is C18H21N3O6. The minimum Gasteiger partial charge on any atom is -0.466 e. The van der Waals surface area contributed by atoms with Gasteiger partial charge in [-0.15, -0.1) is 0 Å². The molecule has 2 rings (SSSR count). The quantitative estimate of drug-likeness (QED) is 0.403. The average Bonchev–Trinajstić information content (AvgIpc) is 2.94. The Labute approximate surface area is 155 Å². The SMILES string of the molecule is Cc1ccc(NC(=O)C(=O)NCCC(O)c2cc(C)oc2C)c([N+](=O)[O-])c1. The number of nitrogens with zero attached hydrogens (tertiary/aromatic N) is 1. The Morgan fingerprint density at radius 2 is 1.93 bits per heavy atom. The number of anilines is 1. The van der Waals surface area contributed by atoms with Crippen LogP contribution in [0.2, 0.25) is 0 Å². The highest BCUT2D eigenvalue weighted by molar-refractivity contribution is 6.39. The van der Waals surface area contributed by atoms with E-state index >= 15 is 0 Å². The lowest BCUT2D eigenvalue weighted by atomic mass is 10.1. The van der Waals surface area contributed by atoms with Crippen molar-refractivity contribution < 1.29 is 24.0 Å². The first-order chi connectivity index (χ1) is 12.7. The number of furan rings is 1. The third-order valence-corrected chi connectivity index (χ3v) is 3.95. The van der Waals surface area contributed by atoms with E-state index in [0.29, 0.717) is 22.6 Å². The lowest BCUT2D eigenvalue weighted by Crippen LogP contribution is -2.36. The predicted molar refractivity (Wildman–Crippen MR) is 97.2 cm³/mol. The molecule has 1 atom stereocenters. The molecule has 1 aromatic carbocycles. The summed E-state index contributed by atoms with van der Waals surface area (Å²) in [6.07, 6.45) is -0.659. The van der Waals surface area contributed by atoms with Gasteiger partial charge in [0.05, 0.1) is 11.0 Å². The summed E-state index contributed by atoms with van der Waals surface area (Å²) in [6.45, 7) is 5.22. The van der Waals surface area contributed by atoms with Crippen molar-refractivity contribution in [3.8, 4) is 0 Å². The van der Waals surface area contributed by atoms with Gasteiger partial charge in [0.25, 0.3) is 5.69 Å². The van der Waals surface area contributed by atoms with E-state index in [9.17, 15) is 24.8 Å². The zero-order valence-electron chi connectivity index (χ0n) is 15.2. The van der Waals surface area contributed by atoms with Crippen LogP contribution in [-0.4, -0.2) is 28.4 Å². The number of aliphatic hydroxyl groups is 1. The fourth-order valence-corrected chi connectivity index (χ4v) is 2.62. The first-order valence-electron chi connectivity index (χ1n) is 8.28. The minimum absolute atomic E-state index is 0.0487. The highest BCUT2D eigenvalue weighted by atomic mass is 16.6. The van der Waals surface area contributed by atoms with E-state index < -0.39 is 22.8 Å². The monoisotopic (exact) mass is 375 g/mol. The molecule has 0 aliphatic heterocycles. The second-order valence-corrected chi connectivity index (χ2v) is 6.16. The summed E-state index contributed by atoms with van der Waals surface area (Å²) in [5.74, 6) is -0.704. The maximum absolute atomic E-state index is 12.0. The number of amides is 2. The van der Waals surface area contributed by atoms with E-state index in [4.69, 9.17) is 4.42 Å². The zero-order chi connectivity index (χ0) is 20.1. The molecule has 0 fully saturated rings. The van der Waals surface area contributed by atoms with Crippen molar-refractivity contribution in [1.29, 1.82) is 0 Å². The predicted octanol–water partition coefficient (Wildman–Crippen LogP) is 2.29. The molecule has 9 nitrogen and oxygen atoms in total. The standard InChI is InChI=1S/C18H21N3O6/c1-10-4-5-14(15(8-10)21(25)26)20-18(24)17(23)19-7-6-16(22)13-9-11(2)27-12(13)3/h4-5,8-9,16,22H,6-7H2,1-3H3,(H,19,23)(H,20,24). The Balaban J connectivity index is 1.90. The number of benzene rings is 1. The maximum Gasteiger partial charge on any atom is 0.313 e. The van der Waals surface area contributed by atoms with Gasteiger partial charge in [-0.3, -0.25) is 19.7 Å². The van der Waals surface area contributed by atoms with Gasteiger partial charge < -0.3 is 20.2 Å². The van der Waals surface area contributed by atoms with Crippen molar-refractivity contribution in [2.75, 3.05) is 11.9 Å². The Morgan fingerprint density at radius 3 is 2.52 bits per heavy atom. The van der Waals surface area contributed by atoms with Gasteiger partial charge in [-0.25, -0.2) is 0 Å². The molecule has 0 bridgehead atoms. The van der Waals surface area contributed by atoms with E-state index in [1.165, 1.54) is 12.1 Å². The number of carbonyl (C=O) groups excluding carboxylic acids is 2. The molecule has 9 heteroatoms. The molecule has 0 saturated heterocycles. The zero-order valence-corrected chi connectivity index (χ0v) is 15.2. The van der Waals surface area contributed by atoms with Crippen LogP contribution in [0.1, 0.15) is 35.2 Å². The molecule has 1 aromatic heterocycles. The Kier molecular flexibility index (Phi) is 6.30. The second-order valence-electron chi connectivity index (χ2n) is 6.16. The van der Waals surface area contributed by atoms with Gasteiger partial charge in [-0.2, -0.15) is 0 Å². The van der Waals surface area contributed by atoms with Crippen molar-refractivity contribution in [1.82, 2.24) is 5.32 Å². The molecule has 3 N–H and O–H groups in total. The maximum atomic E-state index is 12.0. The van der Waals surface area contributed by atoms with Gasteiger partial charge in [0, 0.05) is 18.2 Å². The number of nitro benzene ring substituents is 1. The first-order valence-corrected chi connectivity index (χ1v) is 8.28. The normalized spacial score (nSPS) is 11.7. The summed E-state index contributed by atoms with van der Waals surface area (Å²) < 4.78 is 5.34. The highest BCUT2D eigenvalue weighted by Crippen LogP contribution is 2.25. The van der Waals surface area contributed by atoms with Crippen molar-refractivity contribution in [3.63, 3.8) is 0 Å². The van der Waals surface area contributed by atoms with Crippen molar-refractivity contribution in [2.24, 2.45) is 0 Å². The number of hydrogen-bond acceptors (Lipinski definition) is 6. The number of nitrogens with one attached hydrogen (secondary N) is 2. The Bertz CT molecular complexity index is 874. The van der Waals surface area contributed by atoms with Gasteiger partial charge in [-0.05, 0) is 44.9 Å².